The molecule has 1 fully saturated rings. The highest BCUT2D eigenvalue weighted by Gasteiger charge is 2.35. The summed E-state index contributed by atoms with van der Waals surface area (Å²) in [4.78, 5) is 26.2. The van der Waals surface area contributed by atoms with Crippen molar-refractivity contribution in [3.8, 4) is 28.7 Å². The summed E-state index contributed by atoms with van der Waals surface area (Å²) < 4.78 is 15.5. The number of benzene rings is 2. The first-order valence-electron chi connectivity index (χ1n) is 8.05. The van der Waals surface area contributed by atoms with Crippen LogP contribution in [0.15, 0.2) is 35.9 Å². The van der Waals surface area contributed by atoms with Gasteiger partial charge in [-0.05, 0) is 35.9 Å². The first-order chi connectivity index (χ1) is 13.0. The van der Waals surface area contributed by atoms with Crippen molar-refractivity contribution in [2.75, 3.05) is 18.8 Å². The van der Waals surface area contributed by atoms with Crippen LogP contribution in [-0.4, -0.2) is 35.9 Å². The van der Waals surface area contributed by atoms with Crippen molar-refractivity contribution in [2.24, 2.45) is 0 Å². The van der Waals surface area contributed by atoms with Crippen LogP contribution >= 0.6 is 0 Å². The summed E-state index contributed by atoms with van der Waals surface area (Å²) in [7, 11) is 1.34. The molecule has 27 heavy (non-hydrogen) atoms. The maximum Gasteiger partial charge on any atom is 0.261 e. The molecule has 8 heteroatoms. The van der Waals surface area contributed by atoms with Gasteiger partial charge in [-0.25, -0.2) is 4.90 Å². The zero-order chi connectivity index (χ0) is 19.1. The minimum Gasteiger partial charge on any atom is -0.504 e. The average Bonchev–Trinajstić information content (AvgIpc) is 3.21. The standard InChI is InChI=1S/C19H15NO7/c1-25-16-6-10(5-13(21)18(16)23)4-11-7-17(22)20(19(11)24)12-2-3-14-15(8-12)27-9-26-14/h2-6,8,21,23H,7,9H2,1H3/b11-4+. The molecule has 0 spiro atoms. The molecule has 8 nitrogen and oxygen atoms in total. The van der Waals surface area contributed by atoms with E-state index in [0.29, 0.717) is 22.7 Å². The van der Waals surface area contributed by atoms with Crippen molar-refractivity contribution >= 4 is 23.6 Å². The van der Waals surface area contributed by atoms with Gasteiger partial charge in [-0.15, -0.1) is 0 Å². The molecule has 2 aromatic carbocycles. The smallest absolute Gasteiger partial charge is 0.261 e. The summed E-state index contributed by atoms with van der Waals surface area (Å²) in [6.07, 6.45) is 1.39. The number of hydrogen-bond acceptors (Lipinski definition) is 7. The van der Waals surface area contributed by atoms with E-state index < -0.39 is 11.7 Å². The number of anilines is 1. The van der Waals surface area contributed by atoms with E-state index in [2.05, 4.69) is 0 Å². The van der Waals surface area contributed by atoms with Crippen molar-refractivity contribution in [1.82, 2.24) is 0 Å². The van der Waals surface area contributed by atoms with Gasteiger partial charge in [0, 0.05) is 11.6 Å². The lowest BCUT2D eigenvalue weighted by molar-refractivity contribution is -0.120. The predicted molar refractivity (Wildman–Crippen MR) is 94.0 cm³/mol. The fraction of sp³-hybridized carbons (Fsp3) is 0.158. The quantitative estimate of drug-likeness (QED) is 0.485. The molecule has 2 amide bonds. The highest BCUT2D eigenvalue weighted by atomic mass is 16.7. The van der Waals surface area contributed by atoms with Gasteiger partial charge >= 0.3 is 0 Å². The van der Waals surface area contributed by atoms with E-state index in [1.807, 2.05) is 0 Å². The van der Waals surface area contributed by atoms with Gasteiger partial charge in [0.05, 0.1) is 19.2 Å². The average molecular weight is 369 g/mol. The molecule has 1 saturated heterocycles. The highest BCUT2D eigenvalue weighted by Crippen LogP contribution is 2.39. The molecular formula is C19H15NO7. The summed E-state index contributed by atoms with van der Waals surface area (Å²) in [5.41, 5.74) is 1.07. The van der Waals surface area contributed by atoms with E-state index in [1.165, 1.54) is 25.3 Å². The predicted octanol–water partition coefficient (Wildman–Crippen LogP) is 2.18. The number of ether oxygens (including phenoxy) is 3. The number of rotatable bonds is 3. The van der Waals surface area contributed by atoms with Gasteiger partial charge in [0.15, 0.2) is 23.0 Å². The summed E-state index contributed by atoms with van der Waals surface area (Å²) in [6, 6.07) is 7.58. The van der Waals surface area contributed by atoms with Crippen LogP contribution < -0.4 is 19.1 Å². The molecule has 2 N–H and O–H groups in total. The van der Waals surface area contributed by atoms with E-state index in [0.717, 1.165) is 4.90 Å². The second-order valence-corrected chi connectivity index (χ2v) is 6.01. The van der Waals surface area contributed by atoms with Gasteiger partial charge in [-0.1, -0.05) is 0 Å². The second kappa shape index (κ2) is 6.24. The molecule has 0 unspecified atom stereocenters. The molecule has 2 heterocycles. The van der Waals surface area contributed by atoms with E-state index in [4.69, 9.17) is 14.2 Å². The number of imide groups is 1. The number of carbonyl (C=O) groups excluding carboxylic acids is 2. The Morgan fingerprint density at radius 3 is 2.67 bits per heavy atom. The minimum absolute atomic E-state index is 0.0613. The summed E-state index contributed by atoms with van der Waals surface area (Å²) in [5.74, 6) is -0.531. The molecule has 2 aliphatic heterocycles. The monoisotopic (exact) mass is 369 g/mol. The van der Waals surface area contributed by atoms with Crippen molar-refractivity contribution in [3.05, 3.63) is 41.5 Å². The van der Waals surface area contributed by atoms with Crippen molar-refractivity contribution in [3.63, 3.8) is 0 Å². The van der Waals surface area contributed by atoms with Gasteiger partial charge in [0.25, 0.3) is 5.91 Å². The van der Waals surface area contributed by atoms with Crippen LogP contribution in [0, 0.1) is 0 Å². The molecule has 0 aromatic heterocycles. The van der Waals surface area contributed by atoms with Crippen molar-refractivity contribution < 1.29 is 34.0 Å². The van der Waals surface area contributed by atoms with E-state index in [-0.39, 0.29) is 36.2 Å². The van der Waals surface area contributed by atoms with Gasteiger partial charge in [0.1, 0.15) is 0 Å². The summed E-state index contributed by atoms with van der Waals surface area (Å²) >= 11 is 0. The van der Waals surface area contributed by atoms with Crippen LogP contribution in [-0.2, 0) is 9.59 Å². The topological polar surface area (TPSA) is 106 Å². The minimum atomic E-state index is -0.467. The Hall–Kier alpha value is -3.68. The fourth-order valence-corrected chi connectivity index (χ4v) is 3.03. The van der Waals surface area contributed by atoms with Crippen LogP contribution in [0.3, 0.4) is 0 Å². The molecule has 2 aromatic rings. The zero-order valence-corrected chi connectivity index (χ0v) is 14.3. The number of carbonyl (C=O) groups is 2. The maximum absolute atomic E-state index is 12.7. The fourth-order valence-electron chi connectivity index (χ4n) is 3.03. The SMILES string of the molecule is COc1cc(/C=C2\CC(=O)N(c3ccc4c(c3)OCO4)C2=O)cc(O)c1O. The lowest BCUT2D eigenvalue weighted by atomic mass is 10.1. The number of aromatic hydroxyl groups is 2. The Balaban J connectivity index is 1.67. The van der Waals surface area contributed by atoms with E-state index in [1.54, 1.807) is 18.2 Å². The number of amides is 2. The lowest BCUT2D eigenvalue weighted by Gasteiger charge is -2.14. The Morgan fingerprint density at radius 2 is 1.89 bits per heavy atom. The van der Waals surface area contributed by atoms with Gasteiger partial charge in [-0.2, -0.15) is 0 Å². The molecule has 4 rings (SSSR count). The first-order valence-corrected chi connectivity index (χ1v) is 8.05. The summed E-state index contributed by atoms with van der Waals surface area (Å²) in [5, 5.41) is 19.5. The highest BCUT2D eigenvalue weighted by molar-refractivity contribution is 6.29. The molecule has 138 valence electrons. The number of nitrogens with zero attached hydrogens (tertiary/aromatic N) is 1. The van der Waals surface area contributed by atoms with Crippen LogP contribution in [0.25, 0.3) is 6.08 Å². The van der Waals surface area contributed by atoms with Gasteiger partial charge < -0.3 is 24.4 Å². The van der Waals surface area contributed by atoms with E-state index >= 15 is 0 Å². The van der Waals surface area contributed by atoms with Crippen molar-refractivity contribution in [1.29, 1.82) is 0 Å². The molecule has 0 aliphatic carbocycles. The Morgan fingerprint density at radius 1 is 1.11 bits per heavy atom. The van der Waals surface area contributed by atoms with Crippen molar-refractivity contribution in [2.45, 2.75) is 6.42 Å². The van der Waals surface area contributed by atoms with Gasteiger partial charge in [-0.3, -0.25) is 9.59 Å². The number of methoxy groups -OCH3 is 1. The van der Waals surface area contributed by atoms with Crippen LogP contribution in [0.4, 0.5) is 5.69 Å². The van der Waals surface area contributed by atoms with Crippen LogP contribution in [0.1, 0.15) is 12.0 Å². The normalized spacial score (nSPS) is 17.1. The lowest BCUT2D eigenvalue weighted by Crippen LogP contribution is -2.28. The Labute approximate surface area is 153 Å². The molecule has 0 saturated carbocycles. The van der Waals surface area contributed by atoms with Crippen LogP contribution in [0.2, 0.25) is 0 Å². The zero-order valence-electron chi connectivity index (χ0n) is 14.3. The number of hydrogen-bond donors (Lipinski definition) is 2. The second-order valence-electron chi connectivity index (χ2n) is 6.01. The van der Waals surface area contributed by atoms with Gasteiger partial charge in [0.2, 0.25) is 18.4 Å². The number of phenols is 2. The Kier molecular flexibility index (Phi) is 3.88. The Bertz CT molecular complexity index is 996. The molecule has 2 aliphatic rings. The van der Waals surface area contributed by atoms with E-state index in [9.17, 15) is 19.8 Å². The summed E-state index contributed by atoms with van der Waals surface area (Å²) in [6.45, 7) is 0.0952. The third kappa shape index (κ3) is 2.80. The molecule has 0 radical (unpaired) electrons. The number of phenolic OH excluding ortho intramolecular Hbond substituents is 2. The third-order valence-electron chi connectivity index (χ3n) is 4.32. The first kappa shape index (κ1) is 16.8. The van der Waals surface area contributed by atoms with Crippen LogP contribution in [0.5, 0.6) is 28.7 Å². The number of fused-ring (bicyclic) bond motifs is 1. The molecular weight excluding hydrogens is 354 g/mol. The molecule has 0 atom stereocenters. The third-order valence-corrected chi connectivity index (χ3v) is 4.32. The largest absolute Gasteiger partial charge is 0.504 e. The maximum atomic E-state index is 12.7. The molecule has 0 bridgehead atoms.